The highest BCUT2D eigenvalue weighted by molar-refractivity contribution is 6.07. The number of aliphatic hydroxyl groups excluding tert-OH is 1. The van der Waals surface area contributed by atoms with E-state index in [-0.39, 0.29) is 31.5 Å². The maximum Gasteiger partial charge on any atom is 0.348 e. The number of ether oxygens (including phenoxy) is 1. The summed E-state index contributed by atoms with van der Waals surface area (Å²) in [7, 11) is 0. The van der Waals surface area contributed by atoms with E-state index in [0.717, 1.165) is 0 Å². The third-order valence-corrected chi connectivity index (χ3v) is 2.50. The molecule has 0 aromatic heterocycles. The van der Waals surface area contributed by atoms with Crippen LogP contribution in [0.1, 0.15) is 32.6 Å². The van der Waals surface area contributed by atoms with E-state index in [4.69, 9.17) is 5.11 Å². The predicted octanol–water partition coefficient (Wildman–Crippen LogP) is -0.689. The molecule has 0 amide bonds. The van der Waals surface area contributed by atoms with Crippen LogP contribution in [0, 0.1) is 0 Å². The molecule has 1 fully saturated rings. The first kappa shape index (κ1) is 12.8. The number of ketones is 2. The average Bonchev–Trinajstić information content (AvgIpc) is 2.29. The molecular weight excluding hydrogens is 216 g/mol. The van der Waals surface area contributed by atoms with E-state index in [1.807, 2.05) is 0 Å². The molecule has 16 heavy (non-hydrogen) atoms. The van der Waals surface area contributed by atoms with Gasteiger partial charge in [0.05, 0.1) is 0 Å². The van der Waals surface area contributed by atoms with Gasteiger partial charge >= 0.3 is 5.97 Å². The van der Waals surface area contributed by atoms with Gasteiger partial charge in [-0.1, -0.05) is 0 Å². The first-order valence-electron chi connectivity index (χ1n) is 5.00. The minimum atomic E-state index is -2.29. The van der Waals surface area contributed by atoms with E-state index >= 15 is 0 Å². The Morgan fingerprint density at radius 1 is 1.56 bits per heavy atom. The SMILES string of the molecule is CC(=O)CCC1(O)C(=O)CCC(O)OC1=O. The quantitative estimate of drug-likeness (QED) is 0.491. The number of carbonyl (C=O) groups excluding carboxylic acids is 3. The van der Waals surface area contributed by atoms with Gasteiger partial charge in [-0.25, -0.2) is 4.79 Å². The molecule has 1 aliphatic heterocycles. The number of aliphatic hydroxyl groups is 2. The fraction of sp³-hybridized carbons (Fsp3) is 0.700. The molecule has 1 heterocycles. The van der Waals surface area contributed by atoms with Gasteiger partial charge in [-0.3, -0.25) is 4.79 Å². The van der Waals surface area contributed by atoms with Gasteiger partial charge in [0.1, 0.15) is 5.78 Å². The predicted molar refractivity (Wildman–Crippen MR) is 51.2 cm³/mol. The lowest BCUT2D eigenvalue weighted by Gasteiger charge is -2.21. The van der Waals surface area contributed by atoms with Gasteiger partial charge in [-0.15, -0.1) is 0 Å². The van der Waals surface area contributed by atoms with Crippen LogP contribution < -0.4 is 0 Å². The summed E-state index contributed by atoms with van der Waals surface area (Å²) in [5.41, 5.74) is -2.29. The Hall–Kier alpha value is -1.27. The number of carbonyl (C=O) groups is 3. The lowest BCUT2D eigenvalue weighted by Crippen LogP contribution is -2.47. The molecule has 1 aliphatic rings. The molecule has 2 atom stereocenters. The summed E-state index contributed by atoms with van der Waals surface area (Å²) >= 11 is 0. The van der Waals surface area contributed by atoms with Crippen molar-refractivity contribution >= 4 is 17.5 Å². The second kappa shape index (κ2) is 4.71. The van der Waals surface area contributed by atoms with Gasteiger partial charge in [-0.05, 0) is 6.92 Å². The molecule has 0 bridgehead atoms. The van der Waals surface area contributed by atoms with Gasteiger partial charge < -0.3 is 19.7 Å². The molecule has 0 radical (unpaired) electrons. The standard InChI is InChI=1S/C10H14O6/c1-6(11)4-5-10(15)7(12)2-3-8(13)16-9(10)14/h8,13,15H,2-5H2,1H3. The number of hydrogen-bond acceptors (Lipinski definition) is 6. The third kappa shape index (κ3) is 2.65. The Bertz CT molecular complexity index is 323. The summed E-state index contributed by atoms with van der Waals surface area (Å²) in [6.45, 7) is 1.30. The Morgan fingerprint density at radius 3 is 2.75 bits per heavy atom. The molecule has 2 N–H and O–H groups in total. The van der Waals surface area contributed by atoms with Crippen LogP contribution in [0.2, 0.25) is 0 Å². The molecule has 0 aromatic rings. The number of Topliss-reactive ketones (excluding diaryl/α,β-unsaturated/α-hetero) is 2. The smallest absolute Gasteiger partial charge is 0.348 e. The summed E-state index contributed by atoms with van der Waals surface area (Å²) in [5.74, 6) is -2.13. The summed E-state index contributed by atoms with van der Waals surface area (Å²) in [4.78, 5) is 33.7. The average molecular weight is 230 g/mol. The zero-order chi connectivity index (χ0) is 12.3. The highest BCUT2D eigenvalue weighted by Crippen LogP contribution is 2.24. The van der Waals surface area contributed by atoms with Gasteiger partial charge in [0.2, 0.25) is 11.9 Å². The van der Waals surface area contributed by atoms with Crippen LogP contribution >= 0.6 is 0 Å². The second-order valence-corrected chi connectivity index (χ2v) is 3.88. The van der Waals surface area contributed by atoms with E-state index in [1.54, 1.807) is 0 Å². The first-order chi connectivity index (χ1) is 7.36. The largest absolute Gasteiger partial charge is 0.433 e. The van der Waals surface area contributed by atoms with E-state index in [2.05, 4.69) is 4.74 Å². The molecule has 0 aliphatic carbocycles. The zero-order valence-corrected chi connectivity index (χ0v) is 8.93. The Morgan fingerprint density at radius 2 is 2.19 bits per heavy atom. The summed E-state index contributed by atoms with van der Waals surface area (Å²) in [6.07, 6.45) is -1.95. The minimum absolute atomic E-state index is 0.0348. The van der Waals surface area contributed by atoms with Crippen molar-refractivity contribution in [2.75, 3.05) is 0 Å². The minimum Gasteiger partial charge on any atom is -0.433 e. The number of esters is 1. The van der Waals surface area contributed by atoms with Crippen molar-refractivity contribution in [3.8, 4) is 0 Å². The van der Waals surface area contributed by atoms with Crippen molar-refractivity contribution in [1.82, 2.24) is 0 Å². The van der Waals surface area contributed by atoms with Crippen LogP contribution in [-0.4, -0.2) is 39.6 Å². The molecule has 6 nitrogen and oxygen atoms in total. The molecular formula is C10H14O6. The molecule has 1 saturated heterocycles. The van der Waals surface area contributed by atoms with E-state index in [1.165, 1.54) is 6.92 Å². The number of cyclic esters (lactones) is 1. The highest BCUT2D eigenvalue weighted by Gasteiger charge is 2.47. The topological polar surface area (TPSA) is 101 Å². The normalized spacial score (nSPS) is 30.8. The van der Waals surface area contributed by atoms with Crippen molar-refractivity contribution in [2.45, 2.75) is 44.5 Å². The van der Waals surface area contributed by atoms with Crippen molar-refractivity contribution in [3.05, 3.63) is 0 Å². The van der Waals surface area contributed by atoms with Crippen LogP contribution in [-0.2, 0) is 19.1 Å². The number of rotatable bonds is 3. The highest BCUT2D eigenvalue weighted by atomic mass is 16.6. The Labute approximate surface area is 92.2 Å². The summed E-state index contributed by atoms with van der Waals surface area (Å²) in [6, 6.07) is 0. The van der Waals surface area contributed by atoms with E-state index in [0.29, 0.717) is 0 Å². The summed E-state index contributed by atoms with van der Waals surface area (Å²) in [5, 5.41) is 19.0. The summed E-state index contributed by atoms with van der Waals surface area (Å²) < 4.78 is 4.46. The molecule has 90 valence electrons. The Kier molecular flexibility index (Phi) is 3.77. The first-order valence-corrected chi connectivity index (χ1v) is 5.00. The fourth-order valence-electron chi connectivity index (χ4n) is 1.45. The molecule has 0 spiro atoms. The van der Waals surface area contributed by atoms with Crippen LogP contribution in [0.15, 0.2) is 0 Å². The molecule has 0 saturated carbocycles. The van der Waals surface area contributed by atoms with Crippen LogP contribution in [0.25, 0.3) is 0 Å². The zero-order valence-electron chi connectivity index (χ0n) is 8.93. The van der Waals surface area contributed by atoms with Gasteiger partial charge in [0.15, 0.2) is 5.78 Å². The van der Waals surface area contributed by atoms with Crippen LogP contribution in [0.3, 0.4) is 0 Å². The molecule has 2 unspecified atom stereocenters. The van der Waals surface area contributed by atoms with E-state index < -0.39 is 23.6 Å². The third-order valence-electron chi connectivity index (χ3n) is 2.50. The Balaban J connectivity index is 2.83. The maximum absolute atomic E-state index is 11.5. The molecule has 0 aromatic carbocycles. The maximum atomic E-state index is 11.5. The monoisotopic (exact) mass is 230 g/mol. The lowest BCUT2D eigenvalue weighted by atomic mass is 9.90. The second-order valence-electron chi connectivity index (χ2n) is 3.88. The van der Waals surface area contributed by atoms with Crippen LogP contribution in [0.4, 0.5) is 0 Å². The van der Waals surface area contributed by atoms with Crippen LogP contribution in [0.5, 0.6) is 0 Å². The van der Waals surface area contributed by atoms with Gasteiger partial charge in [0.25, 0.3) is 0 Å². The molecule has 1 rings (SSSR count). The fourth-order valence-corrected chi connectivity index (χ4v) is 1.45. The van der Waals surface area contributed by atoms with Crippen molar-refractivity contribution in [1.29, 1.82) is 0 Å². The van der Waals surface area contributed by atoms with Crippen molar-refractivity contribution < 1.29 is 29.3 Å². The molecule has 6 heteroatoms. The van der Waals surface area contributed by atoms with E-state index in [9.17, 15) is 19.5 Å². The lowest BCUT2D eigenvalue weighted by molar-refractivity contribution is -0.185. The number of hydrogen-bond donors (Lipinski definition) is 2. The van der Waals surface area contributed by atoms with Gasteiger partial charge in [0, 0.05) is 25.7 Å². The van der Waals surface area contributed by atoms with Gasteiger partial charge in [-0.2, -0.15) is 0 Å². The van der Waals surface area contributed by atoms with Crippen molar-refractivity contribution in [3.63, 3.8) is 0 Å². The van der Waals surface area contributed by atoms with Crippen molar-refractivity contribution in [2.24, 2.45) is 0 Å².